The second-order valence-electron chi connectivity index (χ2n) is 5.48. The van der Waals surface area contributed by atoms with Crippen LogP contribution in [-0.4, -0.2) is 25.6 Å². The molecule has 0 saturated carbocycles. The Morgan fingerprint density at radius 3 is 2.44 bits per heavy atom. The minimum Gasteiger partial charge on any atom is -0.484 e. The molecule has 1 amide bonds. The van der Waals surface area contributed by atoms with Gasteiger partial charge >= 0.3 is 0 Å². The Balaban J connectivity index is 1.80. The van der Waals surface area contributed by atoms with Gasteiger partial charge in [0.15, 0.2) is 6.61 Å². The standard InChI is InChI=1S/C19H22ClFN2O2/c1-3-23(4-2)15-7-5-14(6-8-15)12-22-19(24)13-25-16-9-10-18(21)17(20)11-16/h5-11H,3-4,12-13H2,1-2H3,(H,22,24). The van der Waals surface area contributed by atoms with Crippen molar-refractivity contribution in [3.05, 3.63) is 58.9 Å². The highest BCUT2D eigenvalue weighted by Gasteiger charge is 2.06. The number of halogens is 2. The highest BCUT2D eigenvalue weighted by molar-refractivity contribution is 6.30. The van der Waals surface area contributed by atoms with Gasteiger partial charge in [0.25, 0.3) is 5.91 Å². The average molecular weight is 365 g/mol. The number of carbonyl (C=O) groups is 1. The van der Waals surface area contributed by atoms with Gasteiger partial charge in [0.05, 0.1) is 5.02 Å². The van der Waals surface area contributed by atoms with Crippen molar-refractivity contribution >= 4 is 23.2 Å². The summed E-state index contributed by atoms with van der Waals surface area (Å²) >= 11 is 5.67. The second kappa shape index (κ2) is 9.28. The zero-order valence-electron chi connectivity index (χ0n) is 14.4. The smallest absolute Gasteiger partial charge is 0.258 e. The molecule has 0 aliphatic carbocycles. The van der Waals surface area contributed by atoms with Crippen molar-refractivity contribution in [2.24, 2.45) is 0 Å². The van der Waals surface area contributed by atoms with Crippen molar-refractivity contribution in [3.63, 3.8) is 0 Å². The predicted octanol–water partition coefficient (Wildman–Crippen LogP) is 4.02. The van der Waals surface area contributed by atoms with Crippen LogP contribution in [0.15, 0.2) is 42.5 Å². The van der Waals surface area contributed by atoms with Crippen LogP contribution in [-0.2, 0) is 11.3 Å². The number of ether oxygens (including phenoxy) is 1. The molecule has 0 bridgehead atoms. The molecule has 2 aromatic carbocycles. The number of carbonyl (C=O) groups excluding carboxylic acids is 1. The van der Waals surface area contributed by atoms with Gasteiger partial charge in [-0.25, -0.2) is 4.39 Å². The van der Waals surface area contributed by atoms with E-state index in [2.05, 4.69) is 24.1 Å². The van der Waals surface area contributed by atoms with E-state index in [1.54, 1.807) is 0 Å². The fraction of sp³-hybridized carbons (Fsp3) is 0.316. The van der Waals surface area contributed by atoms with E-state index in [1.165, 1.54) is 18.2 Å². The van der Waals surface area contributed by atoms with Gasteiger partial charge in [0, 0.05) is 31.4 Å². The summed E-state index contributed by atoms with van der Waals surface area (Å²) in [6.45, 7) is 6.41. The highest BCUT2D eigenvalue weighted by atomic mass is 35.5. The molecule has 0 radical (unpaired) electrons. The molecule has 0 heterocycles. The maximum atomic E-state index is 13.1. The lowest BCUT2D eigenvalue weighted by atomic mass is 10.2. The summed E-state index contributed by atoms with van der Waals surface area (Å²) in [6.07, 6.45) is 0. The first-order valence-electron chi connectivity index (χ1n) is 8.22. The maximum absolute atomic E-state index is 13.1. The normalized spacial score (nSPS) is 10.4. The predicted molar refractivity (Wildman–Crippen MR) is 98.8 cm³/mol. The quantitative estimate of drug-likeness (QED) is 0.769. The molecule has 0 fully saturated rings. The molecule has 0 aromatic heterocycles. The van der Waals surface area contributed by atoms with E-state index in [9.17, 15) is 9.18 Å². The van der Waals surface area contributed by atoms with Crippen LogP contribution < -0.4 is 15.0 Å². The summed E-state index contributed by atoms with van der Waals surface area (Å²) in [5.41, 5.74) is 2.17. The molecule has 1 N–H and O–H groups in total. The summed E-state index contributed by atoms with van der Waals surface area (Å²) in [7, 11) is 0. The zero-order chi connectivity index (χ0) is 18.2. The summed E-state index contributed by atoms with van der Waals surface area (Å²) in [5, 5.41) is 2.75. The fourth-order valence-corrected chi connectivity index (χ4v) is 2.55. The van der Waals surface area contributed by atoms with Gasteiger partial charge in [-0.1, -0.05) is 23.7 Å². The van der Waals surface area contributed by atoms with Gasteiger partial charge in [-0.15, -0.1) is 0 Å². The largest absolute Gasteiger partial charge is 0.484 e. The van der Waals surface area contributed by atoms with Gasteiger partial charge in [-0.2, -0.15) is 0 Å². The van der Waals surface area contributed by atoms with Gasteiger partial charge in [-0.05, 0) is 43.7 Å². The highest BCUT2D eigenvalue weighted by Crippen LogP contribution is 2.21. The molecule has 0 unspecified atom stereocenters. The van der Waals surface area contributed by atoms with Crippen LogP contribution in [0.5, 0.6) is 5.75 Å². The van der Waals surface area contributed by atoms with Crippen molar-refractivity contribution in [2.45, 2.75) is 20.4 Å². The summed E-state index contributed by atoms with van der Waals surface area (Å²) in [4.78, 5) is 14.1. The lowest BCUT2D eigenvalue weighted by Gasteiger charge is -2.21. The third-order valence-corrected chi connectivity index (χ3v) is 4.11. The Labute approximate surface area is 152 Å². The van der Waals surface area contributed by atoms with Crippen LogP contribution >= 0.6 is 11.6 Å². The number of anilines is 1. The van der Waals surface area contributed by atoms with Crippen LogP contribution in [0.4, 0.5) is 10.1 Å². The van der Waals surface area contributed by atoms with Gasteiger partial charge in [0.1, 0.15) is 11.6 Å². The number of amides is 1. The Morgan fingerprint density at radius 2 is 1.84 bits per heavy atom. The number of hydrogen-bond donors (Lipinski definition) is 1. The molecule has 0 spiro atoms. The van der Waals surface area contributed by atoms with Crippen molar-refractivity contribution in [3.8, 4) is 5.75 Å². The van der Waals surface area contributed by atoms with E-state index in [4.69, 9.17) is 16.3 Å². The first-order valence-corrected chi connectivity index (χ1v) is 8.59. The van der Waals surface area contributed by atoms with Crippen molar-refractivity contribution in [1.29, 1.82) is 0 Å². The zero-order valence-corrected chi connectivity index (χ0v) is 15.1. The van der Waals surface area contributed by atoms with E-state index in [1.807, 2.05) is 24.3 Å². The van der Waals surface area contributed by atoms with Gasteiger partial charge < -0.3 is 15.0 Å². The van der Waals surface area contributed by atoms with Crippen molar-refractivity contribution in [2.75, 3.05) is 24.6 Å². The number of rotatable bonds is 8. The molecule has 0 aliphatic rings. The molecule has 0 aliphatic heterocycles. The molecule has 4 nitrogen and oxygen atoms in total. The molecule has 2 rings (SSSR count). The third kappa shape index (κ3) is 5.64. The van der Waals surface area contributed by atoms with Gasteiger partial charge in [0.2, 0.25) is 0 Å². The summed E-state index contributed by atoms with van der Waals surface area (Å²) in [6, 6.07) is 12.1. The van der Waals surface area contributed by atoms with E-state index in [0.717, 1.165) is 24.3 Å². The number of hydrogen-bond acceptors (Lipinski definition) is 3. The Hall–Kier alpha value is -2.27. The van der Waals surface area contributed by atoms with Crippen LogP contribution in [0.25, 0.3) is 0 Å². The van der Waals surface area contributed by atoms with Crippen LogP contribution in [0.1, 0.15) is 19.4 Å². The van der Waals surface area contributed by atoms with E-state index >= 15 is 0 Å². The fourth-order valence-electron chi connectivity index (χ4n) is 2.38. The van der Waals surface area contributed by atoms with E-state index in [0.29, 0.717) is 12.3 Å². The molecule has 0 atom stereocenters. The summed E-state index contributed by atoms with van der Waals surface area (Å²) in [5.74, 6) is -0.426. The third-order valence-electron chi connectivity index (χ3n) is 3.82. The van der Waals surface area contributed by atoms with Gasteiger partial charge in [-0.3, -0.25) is 4.79 Å². The van der Waals surface area contributed by atoms with E-state index < -0.39 is 5.82 Å². The molecular formula is C19H22ClFN2O2. The second-order valence-corrected chi connectivity index (χ2v) is 5.89. The Kier molecular flexibility index (Phi) is 7.07. The Morgan fingerprint density at radius 1 is 1.16 bits per heavy atom. The first kappa shape index (κ1) is 19.1. The SMILES string of the molecule is CCN(CC)c1ccc(CNC(=O)COc2ccc(F)c(Cl)c2)cc1. The number of nitrogens with one attached hydrogen (secondary N) is 1. The van der Waals surface area contributed by atoms with E-state index in [-0.39, 0.29) is 17.5 Å². The lowest BCUT2D eigenvalue weighted by Crippen LogP contribution is -2.28. The lowest BCUT2D eigenvalue weighted by molar-refractivity contribution is -0.123. The maximum Gasteiger partial charge on any atom is 0.258 e. The molecule has 134 valence electrons. The minimum atomic E-state index is -0.522. The summed E-state index contributed by atoms with van der Waals surface area (Å²) < 4.78 is 18.4. The molecule has 6 heteroatoms. The van der Waals surface area contributed by atoms with Crippen LogP contribution in [0.2, 0.25) is 5.02 Å². The van der Waals surface area contributed by atoms with Crippen molar-refractivity contribution in [1.82, 2.24) is 5.32 Å². The topological polar surface area (TPSA) is 41.6 Å². The average Bonchev–Trinajstić information content (AvgIpc) is 2.63. The van der Waals surface area contributed by atoms with Crippen molar-refractivity contribution < 1.29 is 13.9 Å². The number of benzene rings is 2. The molecule has 0 saturated heterocycles. The monoisotopic (exact) mass is 364 g/mol. The van der Waals surface area contributed by atoms with Crippen LogP contribution in [0, 0.1) is 5.82 Å². The molecule has 25 heavy (non-hydrogen) atoms. The number of nitrogens with zero attached hydrogens (tertiary/aromatic N) is 1. The Bertz CT molecular complexity index is 703. The molecular weight excluding hydrogens is 343 g/mol. The first-order chi connectivity index (χ1) is 12.0. The minimum absolute atomic E-state index is 0.0359. The molecule has 2 aromatic rings. The van der Waals surface area contributed by atoms with Crippen LogP contribution in [0.3, 0.4) is 0 Å².